The Bertz CT molecular complexity index is 419. The Balaban J connectivity index is 2.20. The molecule has 3 N–H and O–H groups in total. The van der Waals surface area contributed by atoms with Crippen LogP contribution in [0.15, 0.2) is 22.7 Å². The van der Waals surface area contributed by atoms with Crippen LogP contribution in [0.3, 0.4) is 0 Å². The summed E-state index contributed by atoms with van der Waals surface area (Å²) in [5, 5.41) is 3.75. The molecule has 18 heavy (non-hydrogen) atoms. The summed E-state index contributed by atoms with van der Waals surface area (Å²) < 4.78 is 1.18. The van der Waals surface area contributed by atoms with E-state index >= 15 is 0 Å². The molecule has 1 aromatic carbocycles. The zero-order valence-corrected chi connectivity index (χ0v) is 12.9. The van der Waals surface area contributed by atoms with Crippen molar-refractivity contribution >= 4 is 15.9 Å². The van der Waals surface area contributed by atoms with E-state index in [1.54, 1.807) is 0 Å². The molecule has 0 fully saturated rings. The molecular weight excluding hydrogens is 288 g/mol. The molecule has 1 aromatic rings. The van der Waals surface area contributed by atoms with E-state index in [0.29, 0.717) is 12.6 Å². The van der Waals surface area contributed by atoms with Gasteiger partial charge in [-0.15, -0.1) is 0 Å². The highest BCUT2D eigenvalue weighted by Crippen LogP contribution is 2.30. The first kappa shape index (κ1) is 14.0. The van der Waals surface area contributed by atoms with Crippen LogP contribution < -0.4 is 11.1 Å². The van der Waals surface area contributed by atoms with Crippen LogP contribution in [0.2, 0.25) is 0 Å². The minimum atomic E-state index is 0.0935. The molecule has 2 atom stereocenters. The first-order valence-electron chi connectivity index (χ1n) is 6.83. The standard InChI is InChI=1S/C15H23BrN2/c1-3-11(2)18-15(10-17)7-6-12-8-14(16)5-4-13(12)9-15/h4-5,8,11,18H,3,6-7,9-10,17H2,1-2H3. The number of benzene rings is 1. The summed E-state index contributed by atoms with van der Waals surface area (Å²) in [5.41, 5.74) is 9.07. The van der Waals surface area contributed by atoms with Gasteiger partial charge in [0.25, 0.3) is 0 Å². The second kappa shape index (κ2) is 5.72. The molecule has 100 valence electrons. The molecule has 1 aliphatic rings. The number of aryl methyl sites for hydroxylation is 1. The van der Waals surface area contributed by atoms with E-state index < -0.39 is 0 Å². The predicted octanol–water partition coefficient (Wildman–Crippen LogP) is 3.02. The van der Waals surface area contributed by atoms with Gasteiger partial charge in [-0.2, -0.15) is 0 Å². The van der Waals surface area contributed by atoms with Gasteiger partial charge >= 0.3 is 0 Å². The maximum atomic E-state index is 6.06. The molecule has 2 nitrogen and oxygen atoms in total. The van der Waals surface area contributed by atoms with E-state index in [9.17, 15) is 0 Å². The van der Waals surface area contributed by atoms with Crippen molar-refractivity contribution in [3.8, 4) is 0 Å². The highest BCUT2D eigenvalue weighted by atomic mass is 79.9. The van der Waals surface area contributed by atoms with Gasteiger partial charge in [-0.05, 0) is 55.9 Å². The number of nitrogens with one attached hydrogen (secondary N) is 1. The van der Waals surface area contributed by atoms with E-state index in [-0.39, 0.29) is 5.54 Å². The second-order valence-electron chi connectivity index (χ2n) is 5.53. The Labute approximate surface area is 118 Å². The van der Waals surface area contributed by atoms with Gasteiger partial charge in [-0.25, -0.2) is 0 Å². The van der Waals surface area contributed by atoms with Gasteiger partial charge in [0.1, 0.15) is 0 Å². The molecular formula is C15H23BrN2. The molecule has 1 aliphatic carbocycles. The van der Waals surface area contributed by atoms with Crippen molar-refractivity contribution in [2.75, 3.05) is 6.54 Å². The third-order valence-corrected chi connectivity index (χ3v) is 4.62. The smallest absolute Gasteiger partial charge is 0.0350 e. The molecule has 0 bridgehead atoms. The molecule has 0 heterocycles. The SMILES string of the molecule is CCC(C)NC1(CN)CCc2cc(Br)ccc2C1. The van der Waals surface area contributed by atoms with Crippen LogP contribution in [-0.2, 0) is 12.8 Å². The van der Waals surface area contributed by atoms with Crippen LogP contribution >= 0.6 is 15.9 Å². The van der Waals surface area contributed by atoms with Crippen molar-refractivity contribution in [3.05, 3.63) is 33.8 Å². The van der Waals surface area contributed by atoms with Crippen molar-refractivity contribution in [1.29, 1.82) is 0 Å². The van der Waals surface area contributed by atoms with Crippen LogP contribution in [0.4, 0.5) is 0 Å². The van der Waals surface area contributed by atoms with Gasteiger partial charge in [-0.1, -0.05) is 28.9 Å². The molecule has 2 rings (SSSR count). The number of nitrogens with two attached hydrogens (primary N) is 1. The van der Waals surface area contributed by atoms with Crippen molar-refractivity contribution in [2.45, 2.75) is 51.1 Å². The molecule has 0 saturated heterocycles. The summed E-state index contributed by atoms with van der Waals surface area (Å²) >= 11 is 3.55. The fraction of sp³-hybridized carbons (Fsp3) is 0.600. The number of halogens is 1. The first-order valence-corrected chi connectivity index (χ1v) is 7.63. The minimum absolute atomic E-state index is 0.0935. The molecule has 0 saturated carbocycles. The van der Waals surface area contributed by atoms with E-state index in [1.165, 1.54) is 15.6 Å². The predicted molar refractivity (Wildman–Crippen MR) is 80.8 cm³/mol. The fourth-order valence-corrected chi connectivity index (χ4v) is 3.22. The van der Waals surface area contributed by atoms with Gasteiger partial charge in [0.05, 0.1) is 0 Å². The zero-order chi connectivity index (χ0) is 13.2. The monoisotopic (exact) mass is 310 g/mol. The Morgan fingerprint density at radius 2 is 2.22 bits per heavy atom. The molecule has 2 unspecified atom stereocenters. The van der Waals surface area contributed by atoms with Gasteiger partial charge in [-0.3, -0.25) is 0 Å². The number of rotatable bonds is 4. The highest BCUT2D eigenvalue weighted by molar-refractivity contribution is 9.10. The highest BCUT2D eigenvalue weighted by Gasteiger charge is 2.33. The number of fused-ring (bicyclic) bond motifs is 1. The fourth-order valence-electron chi connectivity index (χ4n) is 2.81. The number of hydrogen-bond acceptors (Lipinski definition) is 2. The molecule has 0 aliphatic heterocycles. The first-order chi connectivity index (χ1) is 8.58. The zero-order valence-electron chi connectivity index (χ0n) is 11.3. The van der Waals surface area contributed by atoms with E-state index in [2.05, 4.69) is 53.3 Å². The normalized spacial score (nSPS) is 24.7. The van der Waals surface area contributed by atoms with Gasteiger partial charge in [0, 0.05) is 22.6 Å². The summed E-state index contributed by atoms with van der Waals surface area (Å²) in [7, 11) is 0. The van der Waals surface area contributed by atoms with Crippen molar-refractivity contribution < 1.29 is 0 Å². The summed E-state index contributed by atoms with van der Waals surface area (Å²) in [6, 6.07) is 7.15. The van der Waals surface area contributed by atoms with Crippen LogP contribution in [0.5, 0.6) is 0 Å². The van der Waals surface area contributed by atoms with Gasteiger partial charge in [0.15, 0.2) is 0 Å². The van der Waals surface area contributed by atoms with Crippen molar-refractivity contribution in [1.82, 2.24) is 5.32 Å². The summed E-state index contributed by atoms with van der Waals surface area (Å²) in [6.07, 6.45) is 4.46. The van der Waals surface area contributed by atoms with Crippen molar-refractivity contribution in [2.24, 2.45) is 5.73 Å². The lowest BCUT2D eigenvalue weighted by Gasteiger charge is -2.40. The average molecular weight is 311 g/mol. The van der Waals surface area contributed by atoms with E-state index in [1.807, 2.05) is 0 Å². The number of hydrogen-bond donors (Lipinski definition) is 2. The average Bonchev–Trinajstić information content (AvgIpc) is 2.39. The van der Waals surface area contributed by atoms with Crippen LogP contribution in [0, 0.1) is 0 Å². The van der Waals surface area contributed by atoms with Crippen molar-refractivity contribution in [3.63, 3.8) is 0 Å². The third kappa shape index (κ3) is 2.95. The molecule has 3 heteroatoms. The van der Waals surface area contributed by atoms with E-state index in [0.717, 1.165) is 25.7 Å². The lowest BCUT2D eigenvalue weighted by molar-refractivity contribution is 0.262. The lowest BCUT2D eigenvalue weighted by atomic mass is 9.77. The largest absolute Gasteiger partial charge is 0.329 e. The Morgan fingerprint density at radius 3 is 2.89 bits per heavy atom. The van der Waals surface area contributed by atoms with Gasteiger partial charge in [0.2, 0.25) is 0 Å². The Hall–Kier alpha value is -0.380. The summed E-state index contributed by atoms with van der Waals surface area (Å²) in [5.74, 6) is 0. The maximum Gasteiger partial charge on any atom is 0.0350 e. The topological polar surface area (TPSA) is 38.0 Å². The maximum absolute atomic E-state index is 6.06. The van der Waals surface area contributed by atoms with Crippen LogP contribution in [0.25, 0.3) is 0 Å². The Kier molecular flexibility index (Phi) is 4.46. The summed E-state index contributed by atoms with van der Waals surface area (Å²) in [6.45, 7) is 5.18. The lowest BCUT2D eigenvalue weighted by Crippen LogP contribution is -2.57. The molecule has 0 aromatic heterocycles. The van der Waals surface area contributed by atoms with Crippen LogP contribution in [-0.4, -0.2) is 18.1 Å². The quantitative estimate of drug-likeness (QED) is 0.897. The minimum Gasteiger partial charge on any atom is -0.329 e. The van der Waals surface area contributed by atoms with Crippen LogP contribution in [0.1, 0.15) is 37.8 Å². The third-order valence-electron chi connectivity index (χ3n) is 4.13. The molecule has 0 spiro atoms. The molecule has 0 radical (unpaired) electrons. The second-order valence-corrected chi connectivity index (χ2v) is 6.44. The van der Waals surface area contributed by atoms with Gasteiger partial charge < -0.3 is 11.1 Å². The summed E-state index contributed by atoms with van der Waals surface area (Å²) in [4.78, 5) is 0. The Morgan fingerprint density at radius 1 is 1.44 bits per heavy atom. The van der Waals surface area contributed by atoms with E-state index in [4.69, 9.17) is 5.73 Å². The molecule has 0 amide bonds.